The number of halogens is 3. The van der Waals surface area contributed by atoms with E-state index in [4.69, 9.17) is 25.6 Å². The summed E-state index contributed by atoms with van der Waals surface area (Å²) in [6.07, 6.45) is -2.30. The summed E-state index contributed by atoms with van der Waals surface area (Å²) in [6.45, 7) is 2.60. The SMILES string of the molecule is CO[C@@H]1[C@@H](n2cc(-c3ccc(Cl)c(F)c3F)nn2)[C@@H](O)[C@@H](CO)O[C@@H]1Cc1cc(C(C)(C)O)on1. The van der Waals surface area contributed by atoms with Crippen LogP contribution in [0.2, 0.25) is 5.02 Å². The van der Waals surface area contributed by atoms with Crippen LogP contribution in [0.1, 0.15) is 31.3 Å². The normalized spacial score (nSPS) is 25.2. The van der Waals surface area contributed by atoms with Crippen LogP contribution in [0.25, 0.3) is 11.3 Å². The smallest absolute Gasteiger partial charge is 0.178 e. The molecule has 4 rings (SSSR count). The molecule has 0 bridgehead atoms. The average molecular weight is 515 g/mol. The van der Waals surface area contributed by atoms with Gasteiger partial charge in [-0.25, -0.2) is 13.5 Å². The fraction of sp³-hybridized carbons (Fsp3) is 0.500. The Morgan fingerprint density at radius 1 is 1.23 bits per heavy atom. The zero-order valence-corrected chi connectivity index (χ0v) is 19.9. The average Bonchev–Trinajstić information content (AvgIpc) is 3.48. The van der Waals surface area contributed by atoms with E-state index in [0.29, 0.717) is 5.69 Å². The molecule has 3 aromatic rings. The number of rotatable bonds is 7. The molecule has 35 heavy (non-hydrogen) atoms. The Hall–Kier alpha value is -2.48. The summed E-state index contributed by atoms with van der Waals surface area (Å²) < 4.78 is 46.4. The van der Waals surface area contributed by atoms with Crippen LogP contribution in [0, 0.1) is 11.6 Å². The topological polar surface area (TPSA) is 136 Å². The molecule has 0 spiro atoms. The van der Waals surface area contributed by atoms with E-state index < -0.39 is 54.3 Å². The van der Waals surface area contributed by atoms with Gasteiger partial charge in [0.15, 0.2) is 17.4 Å². The molecule has 0 aliphatic carbocycles. The van der Waals surface area contributed by atoms with Gasteiger partial charge in [0, 0.05) is 25.2 Å². The van der Waals surface area contributed by atoms with E-state index in [-0.39, 0.29) is 28.5 Å². The molecule has 3 heterocycles. The molecule has 2 aromatic heterocycles. The van der Waals surface area contributed by atoms with E-state index in [1.807, 2.05) is 0 Å². The Morgan fingerprint density at radius 2 is 1.97 bits per heavy atom. The number of nitrogens with zero attached hydrogens (tertiary/aromatic N) is 4. The molecule has 1 aromatic carbocycles. The first-order valence-electron chi connectivity index (χ1n) is 10.8. The third-order valence-electron chi connectivity index (χ3n) is 5.93. The van der Waals surface area contributed by atoms with Crippen LogP contribution < -0.4 is 0 Å². The van der Waals surface area contributed by atoms with Gasteiger partial charge in [-0.1, -0.05) is 22.0 Å². The van der Waals surface area contributed by atoms with Gasteiger partial charge < -0.3 is 29.3 Å². The highest BCUT2D eigenvalue weighted by Gasteiger charge is 2.47. The van der Waals surface area contributed by atoms with Crippen molar-refractivity contribution in [3.05, 3.63) is 52.5 Å². The quantitative estimate of drug-likeness (QED) is 0.404. The van der Waals surface area contributed by atoms with Crippen molar-refractivity contribution in [2.24, 2.45) is 0 Å². The van der Waals surface area contributed by atoms with Crippen LogP contribution in [0.4, 0.5) is 8.78 Å². The third-order valence-corrected chi connectivity index (χ3v) is 6.23. The molecular weight excluding hydrogens is 490 g/mol. The molecule has 5 atom stereocenters. The first-order chi connectivity index (χ1) is 16.5. The van der Waals surface area contributed by atoms with Crippen molar-refractivity contribution in [1.82, 2.24) is 20.2 Å². The molecule has 1 aliphatic heterocycles. The second-order valence-electron chi connectivity index (χ2n) is 8.83. The van der Waals surface area contributed by atoms with Gasteiger partial charge in [0.05, 0.1) is 29.6 Å². The summed E-state index contributed by atoms with van der Waals surface area (Å²) in [5, 5.41) is 42.4. The number of aliphatic hydroxyl groups excluding tert-OH is 2. The summed E-state index contributed by atoms with van der Waals surface area (Å²) in [4.78, 5) is 0. The Bertz CT molecular complexity index is 1180. The number of methoxy groups -OCH3 is 1. The Labute approximate surface area is 204 Å². The minimum atomic E-state index is -1.27. The van der Waals surface area contributed by atoms with E-state index in [1.54, 1.807) is 19.9 Å². The second kappa shape index (κ2) is 9.88. The fourth-order valence-electron chi connectivity index (χ4n) is 4.10. The Balaban J connectivity index is 1.66. The van der Waals surface area contributed by atoms with E-state index in [1.165, 1.54) is 30.1 Å². The highest BCUT2D eigenvalue weighted by atomic mass is 35.5. The monoisotopic (exact) mass is 514 g/mol. The van der Waals surface area contributed by atoms with Crippen LogP contribution in [-0.4, -0.2) is 73.6 Å². The molecule has 0 amide bonds. The summed E-state index contributed by atoms with van der Waals surface area (Å²) in [5.74, 6) is -2.14. The molecular formula is C22H25ClF2N4O6. The van der Waals surface area contributed by atoms with E-state index in [9.17, 15) is 24.1 Å². The Kier molecular flexibility index (Phi) is 7.23. The molecule has 13 heteroatoms. The maximum Gasteiger partial charge on any atom is 0.178 e. The number of ether oxygens (including phenoxy) is 2. The van der Waals surface area contributed by atoms with Gasteiger partial charge in [-0.2, -0.15) is 0 Å². The highest BCUT2D eigenvalue weighted by molar-refractivity contribution is 6.30. The van der Waals surface area contributed by atoms with Crippen LogP contribution in [-0.2, 0) is 21.5 Å². The lowest BCUT2D eigenvalue weighted by Gasteiger charge is -2.43. The van der Waals surface area contributed by atoms with Gasteiger partial charge >= 0.3 is 0 Å². The number of aliphatic hydroxyl groups is 3. The molecule has 0 saturated carbocycles. The molecule has 0 radical (unpaired) electrons. The highest BCUT2D eigenvalue weighted by Crippen LogP contribution is 2.35. The van der Waals surface area contributed by atoms with Gasteiger partial charge in [-0.3, -0.25) is 0 Å². The van der Waals surface area contributed by atoms with Crippen molar-refractivity contribution in [3.8, 4) is 11.3 Å². The van der Waals surface area contributed by atoms with Crippen molar-refractivity contribution in [1.29, 1.82) is 0 Å². The molecule has 190 valence electrons. The molecule has 1 saturated heterocycles. The minimum absolute atomic E-state index is 0.00929. The maximum atomic E-state index is 14.4. The molecule has 1 aliphatic rings. The van der Waals surface area contributed by atoms with Crippen LogP contribution >= 0.6 is 11.6 Å². The maximum absolute atomic E-state index is 14.4. The van der Waals surface area contributed by atoms with E-state index in [2.05, 4.69) is 15.5 Å². The largest absolute Gasteiger partial charge is 0.394 e. The van der Waals surface area contributed by atoms with Gasteiger partial charge in [-0.05, 0) is 26.0 Å². The molecule has 0 unspecified atom stereocenters. The zero-order chi connectivity index (χ0) is 25.5. The third kappa shape index (κ3) is 4.95. The number of benzene rings is 1. The number of hydrogen-bond acceptors (Lipinski definition) is 9. The second-order valence-corrected chi connectivity index (χ2v) is 9.24. The predicted octanol–water partition coefficient (Wildman–Crippen LogP) is 2.01. The first-order valence-corrected chi connectivity index (χ1v) is 11.1. The van der Waals surface area contributed by atoms with Crippen LogP contribution in [0.15, 0.2) is 28.9 Å². The lowest BCUT2D eigenvalue weighted by atomic mass is 9.90. The minimum Gasteiger partial charge on any atom is -0.394 e. The van der Waals surface area contributed by atoms with Gasteiger partial charge in [-0.15, -0.1) is 5.10 Å². The standard InChI is InChI=1S/C22H25ClF2N4O6/c1-22(2,32)16-7-10(27-35-16)6-14-21(33-3)19(20(31)15(9-30)34-14)29-8-13(26-28-29)11-4-5-12(23)18(25)17(11)24/h4-5,7-8,14-15,19-21,30-32H,6,9H2,1-3H3/t14-,15-,19+,20+,21+/m1/s1. The van der Waals surface area contributed by atoms with Gasteiger partial charge in [0.2, 0.25) is 0 Å². The summed E-state index contributed by atoms with van der Waals surface area (Å²) in [5.41, 5.74) is -0.932. The Morgan fingerprint density at radius 3 is 2.60 bits per heavy atom. The molecule has 3 N–H and O–H groups in total. The predicted molar refractivity (Wildman–Crippen MR) is 117 cm³/mol. The molecule has 10 nitrogen and oxygen atoms in total. The van der Waals surface area contributed by atoms with Crippen LogP contribution in [0.3, 0.4) is 0 Å². The first kappa shape index (κ1) is 25.6. The lowest BCUT2D eigenvalue weighted by Crippen LogP contribution is -2.57. The van der Waals surface area contributed by atoms with Crippen LogP contribution in [0.5, 0.6) is 0 Å². The zero-order valence-electron chi connectivity index (χ0n) is 19.1. The van der Waals surface area contributed by atoms with Crippen molar-refractivity contribution in [2.45, 2.75) is 56.3 Å². The molecule has 1 fully saturated rings. The van der Waals surface area contributed by atoms with Crippen molar-refractivity contribution < 1.29 is 38.1 Å². The van der Waals surface area contributed by atoms with E-state index in [0.717, 1.165) is 0 Å². The van der Waals surface area contributed by atoms with Crippen molar-refractivity contribution in [3.63, 3.8) is 0 Å². The lowest BCUT2D eigenvalue weighted by molar-refractivity contribution is -0.212. The fourth-order valence-corrected chi connectivity index (χ4v) is 4.25. The van der Waals surface area contributed by atoms with Gasteiger partial charge in [0.25, 0.3) is 0 Å². The van der Waals surface area contributed by atoms with E-state index >= 15 is 0 Å². The summed E-state index contributed by atoms with van der Waals surface area (Å²) >= 11 is 5.63. The summed E-state index contributed by atoms with van der Waals surface area (Å²) in [7, 11) is 1.41. The van der Waals surface area contributed by atoms with Gasteiger partial charge in [0.1, 0.15) is 35.6 Å². The summed E-state index contributed by atoms with van der Waals surface area (Å²) in [6, 6.07) is 3.15. The van der Waals surface area contributed by atoms with Crippen molar-refractivity contribution >= 4 is 11.6 Å². The number of hydrogen-bond donors (Lipinski definition) is 3. The van der Waals surface area contributed by atoms with Crippen molar-refractivity contribution in [2.75, 3.05) is 13.7 Å². The number of aromatic nitrogens is 4.